The van der Waals surface area contributed by atoms with Crippen molar-refractivity contribution < 1.29 is 33.4 Å². The normalized spacial score (nSPS) is 18.8. The molecule has 13 heteroatoms. The van der Waals surface area contributed by atoms with Crippen LogP contribution in [0.3, 0.4) is 0 Å². The minimum Gasteiger partial charge on any atom is -0.379 e. The van der Waals surface area contributed by atoms with Gasteiger partial charge in [0.2, 0.25) is 29.5 Å². The van der Waals surface area contributed by atoms with E-state index < -0.39 is 41.8 Å². The molecule has 1 fully saturated rings. The van der Waals surface area contributed by atoms with Crippen molar-refractivity contribution in [2.45, 2.75) is 122 Å². The molecule has 0 radical (unpaired) electrons. The molecule has 0 saturated carbocycles. The summed E-state index contributed by atoms with van der Waals surface area (Å²) in [4.78, 5) is 71.1. The van der Waals surface area contributed by atoms with Crippen molar-refractivity contribution in [3.05, 3.63) is 35.9 Å². The summed E-state index contributed by atoms with van der Waals surface area (Å²) in [5.41, 5.74) is 0.0418. The van der Waals surface area contributed by atoms with E-state index in [2.05, 4.69) is 21.3 Å². The molecule has 8 unspecified atom stereocenters. The Balaban J connectivity index is 2.28. The highest BCUT2D eigenvalue weighted by Crippen LogP contribution is 2.30. The second-order valence-corrected chi connectivity index (χ2v) is 15.0. The highest BCUT2D eigenvalue weighted by atomic mass is 16.5. The van der Waals surface area contributed by atoms with E-state index in [1.54, 1.807) is 51.8 Å². The summed E-state index contributed by atoms with van der Waals surface area (Å²) in [7, 11) is 8.03. The van der Waals surface area contributed by atoms with Gasteiger partial charge in [-0.15, -0.1) is 0 Å². The minimum atomic E-state index is -0.873. The van der Waals surface area contributed by atoms with Crippen LogP contribution in [0.2, 0.25) is 0 Å². The SMILES string of the molecule is CCC(C)C(C(CC(=O)N1CCCC1C(OC)C(C)C(=O)NC(Cc1ccccc1)C(=O)NC)OC)N(C)C(=O)C(NC(=O)C(C)(C)NC)C(C)C. The molecule has 1 aromatic rings. The molecule has 0 bridgehead atoms. The van der Waals surface area contributed by atoms with E-state index in [0.717, 1.165) is 18.4 Å². The maximum atomic E-state index is 14.2. The van der Waals surface area contributed by atoms with E-state index in [0.29, 0.717) is 19.4 Å². The Morgan fingerprint density at radius 1 is 0.962 bits per heavy atom. The van der Waals surface area contributed by atoms with Crippen LogP contribution in [0, 0.1) is 17.8 Å². The lowest BCUT2D eigenvalue weighted by Crippen LogP contribution is -2.61. The Morgan fingerprint density at radius 3 is 2.12 bits per heavy atom. The zero-order chi connectivity index (χ0) is 39.3. The fraction of sp³-hybridized carbons (Fsp3) is 0.718. The highest BCUT2D eigenvalue weighted by molar-refractivity contribution is 5.92. The van der Waals surface area contributed by atoms with Crippen LogP contribution < -0.4 is 21.3 Å². The number of carbonyl (C=O) groups excluding carboxylic acids is 5. The van der Waals surface area contributed by atoms with Crippen molar-refractivity contribution >= 4 is 29.5 Å². The first kappa shape index (κ1) is 44.6. The number of hydrogen-bond donors (Lipinski definition) is 4. The molecule has 1 aliphatic heterocycles. The van der Waals surface area contributed by atoms with Gasteiger partial charge in [0.25, 0.3) is 0 Å². The van der Waals surface area contributed by atoms with Crippen molar-refractivity contribution in [1.29, 1.82) is 0 Å². The Kier molecular flexibility index (Phi) is 17.7. The summed E-state index contributed by atoms with van der Waals surface area (Å²) < 4.78 is 11.9. The Labute approximate surface area is 311 Å². The molecule has 1 aliphatic rings. The predicted molar refractivity (Wildman–Crippen MR) is 202 cm³/mol. The number of likely N-dealkylation sites (N-methyl/N-ethyl adjacent to an activating group) is 3. The van der Waals surface area contributed by atoms with Crippen molar-refractivity contribution in [3.63, 3.8) is 0 Å². The van der Waals surface area contributed by atoms with Crippen LogP contribution in [-0.2, 0) is 39.9 Å². The third kappa shape index (κ3) is 11.5. The molecule has 52 heavy (non-hydrogen) atoms. The first-order chi connectivity index (χ1) is 24.5. The van der Waals surface area contributed by atoms with Crippen LogP contribution >= 0.6 is 0 Å². The molecule has 13 nitrogen and oxygen atoms in total. The quantitative estimate of drug-likeness (QED) is 0.160. The van der Waals surface area contributed by atoms with Crippen molar-refractivity contribution in [2.24, 2.45) is 17.8 Å². The highest BCUT2D eigenvalue weighted by Gasteiger charge is 2.43. The predicted octanol–water partition coefficient (Wildman–Crippen LogP) is 2.52. The van der Waals surface area contributed by atoms with E-state index in [-0.39, 0.29) is 53.8 Å². The standard InChI is InChI=1S/C39H66N6O7/c1-13-25(4)33(44(10)37(49)32(24(2)3)43-38(50)39(6,7)41-9)30(51-11)23-31(46)45-21-17-20-29(45)34(52-12)26(5)35(47)42-28(36(48)40-8)22-27-18-15-14-16-19-27/h14-16,18-19,24-26,28-30,32-34,41H,13,17,20-23H2,1-12H3,(H,40,48)(H,42,47)(H,43,50). The van der Waals surface area contributed by atoms with Gasteiger partial charge in [-0.2, -0.15) is 0 Å². The number of rotatable bonds is 20. The summed E-state index contributed by atoms with van der Waals surface area (Å²) in [5.74, 6) is -2.23. The van der Waals surface area contributed by atoms with Gasteiger partial charge in [0.1, 0.15) is 12.1 Å². The Morgan fingerprint density at radius 2 is 1.60 bits per heavy atom. The summed E-state index contributed by atoms with van der Waals surface area (Å²) in [6, 6.07) is 7.09. The van der Waals surface area contributed by atoms with E-state index in [9.17, 15) is 24.0 Å². The van der Waals surface area contributed by atoms with Crippen LogP contribution in [0.25, 0.3) is 0 Å². The van der Waals surface area contributed by atoms with E-state index in [4.69, 9.17) is 9.47 Å². The third-order valence-electron chi connectivity index (χ3n) is 10.8. The zero-order valence-electron chi connectivity index (χ0n) is 33.6. The fourth-order valence-electron chi connectivity index (χ4n) is 7.01. The number of nitrogens with zero attached hydrogens (tertiary/aromatic N) is 2. The number of methoxy groups -OCH3 is 2. The molecular formula is C39H66N6O7. The number of likely N-dealkylation sites (tertiary alicyclic amines) is 1. The smallest absolute Gasteiger partial charge is 0.245 e. The van der Waals surface area contributed by atoms with E-state index >= 15 is 0 Å². The molecule has 4 N–H and O–H groups in total. The molecule has 2 rings (SSSR count). The summed E-state index contributed by atoms with van der Waals surface area (Å²) >= 11 is 0. The molecular weight excluding hydrogens is 664 g/mol. The molecule has 1 saturated heterocycles. The van der Waals surface area contributed by atoms with Gasteiger partial charge in [-0.3, -0.25) is 24.0 Å². The van der Waals surface area contributed by atoms with Crippen LogP contribution in [0.1, 0.15) is 79.7 Å². The minimum absolute atomic E-state index is 0.0119. The summed E-state index contributed by atoms with van der Waals surface area (Å²) in [6.07, 6.45) is 1.20. The maximum Gasteiger partial charge on any atom is 0.245 e. The number of amides is 5. The number of hydrogen-bond acceptors (Lipinski definition) is 8. The van der Waals surface area contributed by atoms with E-state index in [1.165, 1.54) is 14.2 Å². The van der Waals surface area contributed by atoms with Gasteiger partial charge in [0.15, 0.2) is 0 Å². The van der Waals surface area contributed by atoms with Crippen LogP contribution in [0.4, 0.5) is 0 Å². The third-order valence-corrected chi connectivity index (χ3v) is 10.8. The molecule has 1 heterocycles. The van der Waals surface area contributed by atoms with E-state index in [1.807, 2.05) is 58.0 Å². The van der Waals surface area contributed by atoms with Gasteiger partial charge in [-0.05, 0) is 51.1 Å². The van der Waals surface area contributed by atoms with Gasteiger partial charge in [-0.1, -0.05) is 71.4 Å². The van der Waals surface area contributed by atoms with Crippen molar-refractivity contribution in [1.82, 2.24) is 31.1 Å². The molecule has 8 atom stereocenters. The molecule has 0 aliphatic carbocycles. The Hall–Kier alpha value is -3.55. The average molecular weight is 731 g/mol. The lowest BCUT2D eigenvalue weighted by atomic mass is 9.89. The Bertz CT molecular complexity index is 1330. The molecule has 294 valence electrons. The zero-order valence-corrected chi connectivity index (χ0v) is 33.6. The van der Waals surface area contributed by atoms with Crippen LogP contribution in [0.15, 0.2) is 30.3 Å². The van der Waals surface area contributed by atoms with Gasteiger partial charge in [0, 0.05) is 41.3 Å². The van der Waals surface area contributed by atoms with Crippen LogP contribution in [0.5, 0.6) is 0 Å². The van der Waals surface area contributed by atoms with Crippen molar-refractivity contribution in [3.8, 4) is 0 Å². The van der Waals surface area contributed by atoms with Gasteiger partial charge in [-0.25, -0.2) is 0 Å². The second-order valence-electron chi connectivity index (χ2n) is 15.0. The topological polar surface area (TPSA) is 158 Å². The molecule has 1 aromatic carbocycles. The van der Waals surface area contributed by atoms with Crippen molar-refractivity contribution in [2.75, 3.05) is 41.9 Å². The lowest BCUT2D eigenvalue weighted by molar-refractivity contribution is -0.148. The summed E-state index contributed by atoms with van der Waals surface area (Å²) in [5, 5.41) is 11.5. The first-order valence-electron chi connectivity index (χ1n) is 18.7. The number of ether oxygens (including phenoxy) is 2. The number of carbonyl (C=O) groups is 5. The second kappa shape index (κ2) is 20.6. The lowest BCUT2D eigenvalue weighted by Gasteiger charge is -2.41. The molecule has 0 aromatic heterocycles. The average Bonchev–Trinajstić information content (AvgIpc) is 3.62. The largest absolute Gasteiger partial charge is 0.379 e. The monoisotopic (exact) mass is 730 g/mol. The maximum absolute atomic E-state index is 14.2. The van der Waals surface area contributed by atoms with Gasteiger partial charge < -0.3 is 40.5 Å². The fourth-order valence-corrected chi connectivity index (χ4v) is 7.01. The molecule has 0 spiro atoms. The molecule has 5 amide bonds. The number of benzene rings is 1. The first-order valence-corrected chi connectivity index (χ1v) is 18.7. The summed E-state index contributed by atoms with van der Waals surface area (Å²) in [6.45, 7) is 13.6. The number of nitrogens with one attached hydrogen (secondary N) is 4. The van der Waals surface area contributed by atoms with Gasteiger partial charge in [0.05, 0.1) is 42.2 Å². The van der Waals surface area contributed by atoms with Crippen LogP contribution in [-0.4, -0.2) is 123 Å². The van der Waals surface area contributed by atoms with Gasteiger partial charge >= 0.3 is 0 Å².